The van der Waals surface area contributed by atoms with Gasteiger partial charge >= 0.3 is 23.5 Å². The van der Waals surface area contributed by atoms with E-state index in [2.05, 4.69) is 32.6 Å². The smallest absolute Gasteiger partial charge is 0.387 e. The molecule has 4 unspecified atom stereocenters. The number of ether oxygens (including phenoxy) is 1. The number of aliphatic hydroxyl groups is 2. The van der Waals surface area contributed by atoms with Gasteiger partial charge in [0.05, 0.1) is 29.5 Å². The van der Waals surface area contributed by atoms with E-state index in [0.717, 1.165) is 19.3 Å². The molecule has 7 N–H and O–H groups in total. The van der Waals surface area contributed by atoms with Gasteiger partial charge in [-0.3, -0.25) is 23.7 Å². The number of rotatable bonds is 12. The second-order valence-electron chi connectivity index (χ2n) is 8.56. The van der Waals surface area contributed by atoms with E-state index < -0.39 is 71.3 Å². The van der Waals surface area contributed by atoms with Gasteiger partial charge in [-0.25, -0.2) is 28.6 Å². The van der Waals surface area contributed by atoms with Crippen LogP contribution in [0, 0.1) is 10.1 Å². The number of nitrogen functional groups attached to an aromatic ring is 1. The first-order chi connectivity index (χ1) is 19.5. The van der Waals surface area contributed by atoms with E-state index in [1.165, 1.54) is 29.1 Å². The van der Waals surface area contributed by atoms with Crippen LogP contribution < -0.4 is 5.73 Å². The average molecular weight is 702 g/mol. The fourth-order valence-corrected chi connectivity index (χ4v) is 7.56. The van der Waals surface area contributed by atoms with Crippen LogP contribution in [-0.2, 0) is 36.1 Å². The van der Waals surface area contributed by atoms with Crippen LogP contribution in [0.15, 0.2) is 36.9 Å². The van der Waals surface area contributed by atoms with Crippen molar-refractivity contribution in [3.8, 4) is 0 Å². The zero-order chi connectivity index (χ0) is 31.0. The molecule has 2 radical (unpaired) electrons. The normalized spacial score (nSPS) is 24.7. The van der Waals surface area contributed by atoms with Crippen molar-refractivity contribution < 1.29 is 65.9 Å². The van der Waals surface area contributed by atoms with Crippen LogP contribution in [0.1, 0.15) is 24.8 Å². The first kappa shape index (κ1) is 39.4. The number of para-hydroxylation sites is 1. The van der Waals surface area contributed by atoms with Crippen molar-refractivity contribution >= 4 is 105 Å². The van der Waals surface area contributed by atoms with Crippen LogP contribution >= 0.6 is 23.5 Å². The minimum Gasteiger partial charge on any atom is -0.387 e. The zero-order valence-electron chi connectivity index (χ0n) is 23.0. The van der Waals surface area contributed by atoms with Crippen LogP contribution in [0.5, 0.6) is 0 Å². The Labute approximate surface area is 291 Å². The van der Waals surface area contributed by atoms with Crippen molar-refractivity contribution in [2.45, 2.75) is 37.6 Å². The second-order valence-corrected chi connectivity index (χ2v) is 13.1. The van der Waals surface area contributed by atoms with Crippen LogP contribution in [0.3, 0.4) is 0 Å². The third-order valence-corrected chi connectivity index (χ3v) is 10.0. The molecule has 44 heavy (non-hydrogen) atoms. The third kappa shape index (κ3) is 9.42. The minimum atomic E-state index is -5.89. The van der Waals surface area contributed by atoms with E-state index in [-0.39, 0.29) is 81.7 Å². The SMILES string of the molecule is CC(OP(=O)(O)OP(=O)(O)OP(=O)(O)OC[C@H]1O[C@@H](n2cnc3c(N)ncnc32)[C@H](O)[C@@H]1O)c1ccccc1[N+](=O)[O-].[Na].[Na]. The number of nitro groups is 1. The van der Waals surface area contributed by atoms with Gasteiger partial charge in [0.1, 0.15) is 30.2 Å². The summed E-state index contributed by atoms with van der Waals surface area (Å²) < 4.78 is 60.8. The topological polar surface area (TPSA) is 311 Å². The Morgan fingerprint density at radius 3 is 2.34 bits per heavy atom. The number of phosphoric acid groups is 3. The Kier molecular flexibility index (Phi) is 13.8. The number of nitrogens with zero attached hydrogens (tertiary/aromatic N) is 5. The van der Waals surface area contributed by atoms with Crippen molar-refractivity contribution in [2.75, 3.05) is 12.3 Å². The summed E-state index contributed by atoms with van der Waals surface area (Å²) in [5.74, 6) is 0.0225. The van der Waals surface area contributed by atoms with Gasteiger partial charge in [-0.05, 0) is 13.0 Å². The molecule has 4 rings (SSSR count). The predicted molar refractivity (Wildman–Crippen MR) is 147 cm³/mol. The van der Waals surface area contributed by atoms with Gasteiger partial charge in [0.15, 0.2) is 17.7 Å². The predicted octanol–water partition coefficient (Wildman–Crippen LogP) is 0.303. The van der Waals surface area contributed by atoms with Gasteiger partial charge in [-0.1, -0.05) is 12.1 Å². The summed E-state index contributed by atoms with van der Waals surface area (Å²) >= 11 is 0. The van der Waals surface area contributed by atoms with Crippen molar-refractivity contribution in [2.24, 2.45) is 0 Å². The molecule has 1 aliphatic rings. The minimum absolute atomic E-state index is 0. The van der Waals surface area contributed by atoms with Gasteiger partial charge < -0.3 is 35.4 Å². The molecule has 232 valence electrons. The van der Waals surface area contributed by atoms with E-state index in [4.69, 9.17) is 10.5 Å². The molecule has 2 aromatic heterocycles. The first-order valence-electron chi connectivity index (χ1n) is 11.4. The van der Waals surface area contributed by atoms with Crippen molar-refractivity contribution in [1.82, 2.24) is 19.5 Å². The molecule has 0 bridgehead atoms. The molecule has 0 amide bonds. The fraction of sp³-hybridized carbons (Fsp3) is 0.389. The van der Waals surface area contributed by atoms with Gasteiger partial charge in [-0.2, -0.15) is 8.62 Å². The molecule has 0 aliphatic carbocycles. The number of fused-ring (bicyclic) bond motifs is 1. The number of nitrogens with two attached hydrogens (primary N) is 1. The molecule has 1 aromatic carbocycles. The summed E-state index contributed by atoms with van der Waals surface area (Å²) in [5, 5.41) is 32.0. The number of nitro benzene ring substituents is 1. The maximum atomic E-state index is 12.3. The van der Waals surface area contributed by atoms with E-state index >= 15 is 0 Å². The summed E-state index contributed by atoms with van der Waals surface area (Å²) in [6.45, 7) is 0.0924. The van der Waals surface area contributed by atoms with Crippen LogP contribution in [-0.4, -0.2) is 133 Å². The number of hydrogen-bond donors (Lipinski definition) is 6. The van der Waals surface area contributed by atoms with Gasteiger partial charge in [-0.15, -0.1) is 0 Å². The maximum Gasteiger partial charge on any atom is 0.490 e. The number of hydrogen-bond acceptors (Lipinski definition) is 16. The Morgan fingerprint density at radius 2 is 1.68 bits per heavy atom. The number of phosphoric ester groups is 2. The molecule has 26 heteroatoms. The van der Waals surface area contributed by atoms with E-state index in [1.54, 1.807) is 0 Å². The van der Waals surface area contributed by atoms with Gasteiger partial charge in [0.2, 0.25) is 0 Å². The molecule has 1 saturated heterocycles. The standard InChI is InChI=1S/C18H23N6O15P3.2Na/c1-9(10-4-2-3-5-11(10)24(27)28)37-41(31,32)39-42(33,34)38-40(29,30)35-6-12-14(25)15(26)18(36-12)23-8-22-13-16(19)20-7-21-17(13)23;;/h2-5,7-9,12,14-15,18,25-26H,6H2,1H3,(H,29,30)(H,31,32)(H,33,34)(H2,19,20,21);;/t9?,12-,14-,15-,18-;;/m1../s1. The summed E-state index contributed by atoms with van der Waals surface area (Å²) in [4.78, 5) is 51.7. The van der Waals surface area contributed by atoms with E-state index in [1.807, 2.05) is 0 Å². The Morgan fingerprint density at radius 1 is 1.05 bits per heavy atom. The maximum absolute atomic E-state index is 12.3. The van der Waals surface area contributed by atoms with Crippen LogP contribution in [0.2, 0.25) is 0 Å². The first-order valence-corrected chi connectivity index (χ1v) is 15.9. The molecule has 1 fully saturated rings. The van der Waals surface area contributed by atoms with Crippen LogP contribution in [0.25, 0.3) is 11.2 Å². The van der Waals surface area contributed by atoms with Crippen molar-refractivity contribution in [1.29, 1.82) is 0 Å². The third-order valence-electron chi connectivity index (χ3n) is 5.68. The van der Waals surface area contributed by atoms with E-state index in [0.29, 0.717) is 0 Å². The molecule has 0 spiro atoms. The Hall–Kier alpha value is -0.740. The van der Waals surface area contributed by atoms with Crippen LogP contribution in [0.4, 0.5) is 11.5 Å². The molecular formula is C18H23N6Na2O15P3. The summed E-state index contributed by atoms with van der Waals surface area (Å²) in [6, 6.07) is 4.94. The van der Waals surface area contributed by atoms with Gasteiger partial charge in [0.25, 0.3) is 5.69 Å². The quantitative estimate of drug-likeness (QED) is 0.0640. The summed E-state index contributed by atoms with van der Waals surface area (Å²) in [5.41, 5.74) is 5.32. The molecular weight excluding hydrogens is 679 g/mol. The Bertz CT molecular complexity index is 1630. The van der Waals surface area contributed by atoms with E-state index in [9.17, 15) is 48.7 Å². The monoisotopic (exact) mass is 702 g/mol. The number of anilines is 1. The molecule has 1 aliphatic heterocycles. The molecule has 0 saturated carbocycles. The number of aromatic nitrogens is 4. The molecule has 21 nitrogen and oxygen atoms in total. The number of imidazole rings is 1. The Balaban J connectivity index is 0.00000337. The van der Waals surface area contributed by atoms with Crippen molar-refractivity contribution in [3.63, 3.8) is 0 Å². The largest absolute Gasteiger partial charge is 0.490 e. The summed E-state index contributed by atoms with van der Waals surface area (Å²) in [6.07, 6.45) is -5.44. The zero-order valence-corrected chi connectivity index (χ0v) is 29.7. The van der Waals surface area contributed by atoms with Gasteiger partial charge in [0, 0.05) is 65.2 Å². The second kappa shape index (κ2) is 15.4. The average Bonchev–Trinajstić information content (AvgIpc) is 3.42. The summed E-state index contributed by atoms with van der Waals surface area (Å²) in [7, 11) is -17.0. The molecule has 3 aromatic rings. The molecule has 3 heterocycles. The fourth-order valence-electron chi connectivity index (χ4n) is 3.89. The number of benzene rings is 1. The van der Waals surface area contributed by atoms with Crippen molar-refractivity contribution in [3.05, 3.63) is 52.6 Å². The number of aliphatic hydroxyl groups excluding tert-OH is 2. The molecule has 8 atom stereocenters.